The Hall–Kier alpha value is -6.91. The molecular weight excluding hydrogens is 621 g/mol. The van der Waals surface area contributed by atoms with Crippen LogP contribution in [0.2, 0.25) is 0 Å². The number of nitrogens with zero attached hydrogens (tertiary/aromatic N) is 4. The molecule has 0 N–H and O–H groups in total. The van der Waals surface area contributed by atoms with Crippen molar-refractivity contribution >= 4 is 43.5 Å². The van der Waals surface area contributed by atoms with Gasteiger partial charge in [0.25, 0.3) is 0 Å². The number of aromatic nitrogens is 4. The van der Waals surface area contributed by atoms with Gasteiger partial charge in [-0.05, 0) is 52.9 Å². The van der Waals surface area contributed by atoms with Gasteiger partial charge in [-0.1, -0.05) is 146 Å². The van der Waals surface area contributed by atoms with E-state index in [1.54, 1.807) is 0 Å². The Balaban J connectivity index is 1.24. The second-order valence-electron chi connectivity index (χ2n) is 12.9. The molecule has 0 radical (unpaired) electrons. The molecule has 0 aliphatic heterocycles. The maximum atomic E-state index is 5.37. The Labute approximate surface area is 294 Å². The fourth-order valence-electron chi connectivity index (χ4n) is 7.29. The van der Waals surface area contributed by atoms with Gasteiger partial charge in [0.1, 0.15) is 5.69 Å². The third-order valence-electron chi connectivity index (χ3n) is 9.78. The van der Waals surface area contributed by atoms with Crippen LogP contribution in [0, 0.1) is 0 Å². The Bertz CT molecular complexity index is 2880. The minimum absolute atomic E-state index is 0.896. The normalized spacial score (nSPS) is 11.5. The van der Waals surface area contributed by atoms with E-state index in [1.807, 2.05) is 24.3 Å². The van der Waals surface area contributed by atoms with Crippen molar-refractivity contribution in [3.05, 3.63) is 182 Å². The summed E-state index contributed by atoms with van der Waals surface area (Å²) in [4.78, 5) is 10.4. The largest absolute Gasteiger partial charge is 0.245 e. The molecular formula is C47H30N4. The molecule has 10 aromatic rings. The van der Waals surface area contributed by atoms with Crippen LogP contribution in [0.3, 0.4) is 0 Å². The quantitative estimate of drug-likeness (QED) is 0.174. The highest BCUT2D eigenvalue weighted by atomic mass is 15.3. The minimum Gasteiger partial charge on any atom is -0.245 e. The van der Waals surface area contributed by atoms with Crippen molar-refractivity contribution in [1.82, 2.24) is 19.7 Å². The summed E-state index contributed by atoms with van der Waals surface area (Å²) < 4.78 is 2.12. The summed E-state index contributed by atoms with van der Waals surface area (Å²) >= 11 is 0. The van der Waals surface area contributed by atoms with Crippen LogP contribution in [0.25, 0.3) is 94.1 Å². The maximum Gasteiger partial charge on any atom is 0.101 e. The van der Waals surface area contributed by atoms with E-state index in [0.717, 1.165) is 94.1 Å². The van der Waals surface area contributed by atoms with Crippen molar-refractivity contribution in [3.63, 3.8) is 0 Å². The number of pyridine rings is 2. The number of hydrogen-bond acceptors (Lipinski definition) is 3. The van der Waals surface area contributed by atoms with Crippen LogP contribution in [0.4, 0.5) is 0 Å². The highest BCUT2D eigenvalue weighted by Crippen LogP contribution is 2.42. The first-order chi connectivity index (χ1) is 25.3. The van der Waals surface area contributed by atoms with Gasteiger partial charge in [-0.15, -0.1) is 0 Å². The average Bonchev–Trinajstić information content (AvgIpc) is 3.62. The van der Waals surface area contributed by atoms with Crippen LogP contribution >= 0.6 is 0 Å². The summed E-state index contributed by atoms with van der Waals surface area (Å²) in [6.45, 7) is 0. The zero-order chi connectivity index (χ0) is 33.7. The van der Waals surface area contributed by atoms with E-state index >= 15 is 0 Å². The molecule has 7 aromatic carbocycles. The van der Waals surface area contributed by atoms with Crippen molar-refractivity contribution in [3.8, 4) is 50.6 Å². The van der Waals surface area contributed by atoms with Gasteiger partial charge in [-0.3, -0.25) is 0 Å². The molecule has 0 saturated heterocycles. The fourth-order valence-corrected chi connectivity index (χ4v) is 7.29. The van der Waals surface area contributed by atoms with Gasteiger partial charge in [-0.2, -0.15) is 5.10 Å². The SMILES string of the molecule is c1ccc(-c2ccc3ccc4ccc(-c5ccc6cc(-c7ccccc7)c7c(-c8ccccc8)nn(-c8ccccc8)c7c6c5)nc4c3n2)cc1. The zero-order valence-electron chi connectivity index (χ0n) is 27.6. The number of hydrogen-bond donors (Lipinski definition) is 0. The van der Waals surface area contributed by atoms with E-state index in [2.05, 4.69) is 162 Å². The van der Waals surface area contributed by atoms with Crippen LogP contribution in [-0.4, -0.2) is 19.7 Å². The summed E-state index contributed by atoms with van der Waals surface area (Å²) in [5, 5.41) is 10.9. The lowest BCUT2D eigenvalue weighted by Crippen LogP contribution is -1.97. The molecule has 3 aromatic heterocycles. The van der Waals surface area contributed by atoms with Gasteiger partial charge < -0.3 is 0 Å². The van der Waals surface area contributed by atoms with Crippen LogP contribution < -0.4 is 0 Å². The van der Waals surface area contributed by atoms with Gasteiger partial charge >= 0.3 is 0 Å². The maximum absolute atomic E-state index is 5.37. The molecule has 0 fully saturated rings. The highest BCUT2D eigenvalue weighted by molar-refractivity contribution is 6.18. The van der Waals surface area contributed by atoms with Crippen LogP contribution in [0.5, 0.6) is 0 Å². The summed E-state index contributed by atoms with van der Waals surface area (Å²) in [6.07, 6.45) is 0. The highest BCUT2D eigenvalue weighted by Gasteiger charge is 2.21. The van der Waals surface area contributed by atoms with Crippen LogP contribution in [-0.2, 0) is 0 Å². The minimum atomic E-state index is 0.896. The van der Waals surface area contributed by atoms with Crippen molar-refractivity contribution in [2.45, 2.75) is 0 Å². The first-order valence-corrected chi connectivity index (χ1v) is 17.2. The predicted octanol–water partition coefficient (Wildman–Crippen LogP) is 11.9. The van der Waals surface area contributed by atoms with Gasteiger partial charge in [0.15, 0.2) is 0 Å². The predicted molar refractivity (Wildman–Crippen MR) is 211 cm³/mol. The first kappa shape index (κ1) is 29.0. The lowest BCUT2D eigenvalue weighted by molar-refractivity contribution is 0.918. The first-order valence-electron chi connectivity index (χ1n) is 17.2. The second-order valence-corrected chi connectivity index (χ2v) is 12.9. The van der Waals surface area contributed by atoms with Crippen LogP contribution in [0.15, 0.2) is 182 Å². The molecule has 4 nitrogen and oxygen atoms in total. The van der Waals surface area contributed by atoms with E-state index in [-0.39, 0.29) is 0 Å². The fraction of sp³-hybridized carbons (Fsp3) is 0. The molecule has 3 heterocycles. The molecule has 0 spiro atoms. The van der Waals surface area contributed by atoms with E-state index in [4.69, 9.17) is 15.1 Å². The lowest BCUT2D eigenvalue weighted by atomic mass is 9.92. The van der Waals surface area contributed by atoms with Crippen molar-refractivity contribution in [2.24, 2.45) is 0 Å². The average molecular weight is 651 g/mol. The summed E-state index contributed by atoms with van der Waals surface area (Å²) in [5.41, 5.74) is 12.2. The van der Waals surface area contributed by atoms with E-state index in [0.29, 0.717) is 0 Å². The number of benzene rings is 7. The molecule has 4 heteroatoms. The molecule has 51 heavy (non-hydrogen) atoms. The van der Waals surface area contributed by atoms with Crippen LogP contribution in [0.1, 0.15) is 0 Å². The molecule has 0 amide bonds. The number of fused-ring (bicyclic) bond motifs is 6. The smallest absolute Gasteiger partial charge is 0.101 e. The Morgan fingerprint density at radius 2 is 0.902 bits per heavy atom. The Morgan fingerprint density at radius 3 is 1.53 bits per heavy atom. The molecule has 0 bridgehead atoms. The zero-order valence-corrected chi connectivity index (χ0v) is 27.6. The van der Waals surface area contributed by atoms with Crippen molar-refractivity contribution in [2.75, 3.05) is 0 Å². The molecule has 0 aliphatic rings. The van der Waals surface area contributed by atoms with Crippen molar-refractivity contribution < 1.29 is 0 Å². The van der Waals surface area contributed by atoms with E-state index in [1.165, 1.54) is 0 Å². The molecule has 10 rings (SSSR count). The summed E-state index contributed by atoms with van der Waals surface area (Å²) in [7, 11) is 0. The summed E-state index contributed by atoms with van der Waals surface area (Å²) in [5.74, 6) is 0. The molecule has 238 valence electrons. The molecule has 0 aliphatic carbocycles. The van der Waals surface area contributed by atoms with Gasteiger partial charge in [0.2, 0.25) is 0 Å². The molecule has 0 atom stereocenters. The second kappa shape index (κ2) is 11.9. The lowest BCUT2D eigenvalue weighted by Gasteiger charge is -2.13. The Kier molecular flexibility index (Phi) is 6.78. The monoisotopic (exact) mass is 650 g/mol. The number of para-hydroxylation sites is 1. The standard InChI is InChI=1S/C47H30N4/c1-5-13-31(14-6-1)39-29-36-23-24-37(30-40(36)47-43(39)44(33-17-9-3-10-18-33)50-51(47)38-19-11-4-12-20-38)42-28-26-35-22-21-34-25-27-41(32-15-7-2-8-16-32)48-45(34)46(35)49-42/h1-30H. The van der Waals surface area contributed by atoms with Gasteiger partial charge in [0, 0.05) is 38.2 Å². The topological polar surface area (TPSA) is 43.6 Å². The summed E-state index contributed by atoms with van der Waals surface area (Å²) in [6, 6.07) is 63.7. The van der Waals surface area contributed by atoms with Gasteiger partial charge in [0.05, 0.1) is 33.6 Å². The number of rotatable bonds is 5. The van der Waals surface area contributed by atoms with Gasteiger partial charge in [-0.25, -0.2) is 14.6 Å². The van der Waals surface area contributed by atoms with Crippen molar-refractivity contribution in [1.29, 1.82) is 0 Å². The third-order valence-corrected chi connectivity index (χ3v) is 9.78. The third kappa shape index (κ3) is 4.96. The Morgan fingerprint density at radius 1 is 0.392 bits per heavy atom. The molecule has 0 unspecified atom stereocenters. The van der Waals surface area contributed by atoms with E-state index in [9.17, 15) is 0 Å². The molecule has 0 saturated carbocycles. The van der Waals surface area contributed by atoms with E-state index < -0.39 is 0 Å².